The predicted octanol–water partition coefficient (Wildman–Crippen LogP) is 4.26. The van der Waals surface area contributed by atoms with E-state index in [2.05, 4.69) is 5.32 Å². The van der Waals surface area contributed by atoms with Gasteiger partial charge in [0.25, 0.3) is 5.91 Å². The highest BCUT2D eigenvalue weighted by Gasteiger charge is 2.46. The van der Waals surface area contributed by atoms with Gasteiger partial charge in [0.2, 0.25) is 5.91 Å². The number of nitrogens with zero attached hydrogens (tertiary/aromatic N) is 2. The van der Waals surface area contributed by atoms with Crippen molar-refractivity contribution in [1.82, 2.24) is 4.90 Å². The van der Waals surface area contributed by atoms with Crippen LogP contribution < -0.4 is 24.4 Å². The molecule has 1 heterocycles. The lowest BCUT2D eigenvalue weighted by Gasteiger charge is -2.22. The Labute approximate surface area is 219 Å². The minimum atomic E-state index is -1.02. The number of nitrogens with one attached hydrogen (secondary N) is 1. The molecule has 1 aliphatic heterocycles. The second-order valence-electron chi connectivity index (χ2n) is 8.56. The molecule has 9 nitrogen and oxygen atoms in total. The monoisotopic (exact) mass is 521 g/mol. The zero-order chi connectivity index (χ0) is 27.2. The zero-order valence-electron chi connectivity index (χ0n) is 21.3. The third-order valence-corrected chi connectivity index (χ3v) is 6.25. The molecule has 3 aromatic carbocycles. The molecule has 0 spiro atoms. The molecular weight excluding hydrogens is 493 g/mol. The fraction of sp³-hybridized carbons (Fsp3) is 0.250. The van der Waals surface area contributed by atoms with Gasteiger partial charge in [-0.25, -0.2) is 14.1 Å². The Kier molecular flexibility index (Phi) is 8.10. The van der Waals surface area contributed by atoms with Crippen LogP contribution in [-0.4, -0.2) is 56.7 Å². The molecule has 4 amide bonds. The van der Waals surface area contributed by atoms with Crippen LogP contribution in [0.2, 0.25) is 0 Å². The van der Waals surface area contributed by atoms with Gasteiger partial charge in [-0.3, -0.25) is 9.59 Å². The quantitative estimate of drug-likeness (QED) is 0.401. The summed E-state index contributed by atoms with van der Waals surface area (Å²) in [5.41, 5.74) is 1.62. The van der Waals surface area contributed by atoms with Crippen LogP contribution in [0.15, 0.2) is 66.7 Å². The first-order valence-electron chi connectivity index (χ1n) is 11.9. The number of ether oxygens (including phenoxy) is 3. The first-order chi connectivity index (χ1) is 18.3. The second-order valence-corrected chi connectivity index (χ2v) is 8.56. The molecule has 0 bridgehead atoms. The van der Waals surface area contributed by atoms with Crippen molar-refractivity contribution in [2.75, 3.05) is 38.1 Å². The number of methoxy groups -OCH3 is 3. The summed E-state index contributed by atoms with van der Waals surface area (Å²) in [6, 6.07) is 15.7. The van der Waals surface area contributed by atoms with Gasteiger partial charge >= 0.3 is 6.03 Å². The van der Waals surface area contributed by atoms with Gasteiger partial charge in [0.1, 0.15) is 17.6 Å². The van der Waals surface area contributed by atoms with E-state index in [0.29, 0.717) is 35.0 Å². The summed E-state index contributed by atoms with van der Waals surface area (Å²) in [5, 5.41) is 2.66. The molecule has 0 saturated carbocycles. The number of imide groups is 1. The Morgan fingerprint density at radius 3 is 2.21 bits per heavy atom. The SMILES string of the molecule is COc1ccc(N2C(=O)[C@@H](CC(=O)Nc3ccc(F)cc3)N(CCc3ccc(OC)c(OC)c3)C2=O)cc1. The van der Waals surface area contributed by atoms with Crippen LogP contribution in [0.1, 0.15) is 12.0 Å². The van der Waals surface area contributed by atoms with Crippen LogP contribution in [0, 0.1) is 5.82 Å². The van der Waals surface area contributed by atoms with E-state index < -0.39 is 29.7 Å². The highest BCUT2D eigenvalue weighted by Crippen LogP contribution is 2.31. The van der Waals surface area contributed by atoms with Gasteiger partial charge in [-0.2, -0.15) is 0 Å². The number of carbonyl (C=O) groups excluding carboxylic acids is 3. The van der Waals surface area contributed by atoms with Gasteiger partial charge in [-0.05, 0) is 72.6 Å². The smallest absolute Gasteiger partial charge is 0.332 e. The van der Waals surface area contributed by atoms with Gasteiger partial charge in [0, 0.05) is 12.2 Å². The molecule has 1 fully saturated rings. The number of hydrogen-bond acceptors (Lipinski definition) is 6. The van der Waals surface area contributed by atoms with E-state index in [9.17, 15) is 18.8 Å². The molecule has 1 N–H and O–H groups in total. The number of urea groups is 1. The molecule has 3 aromatic rings. The van der Waals surface area contributed by atoms with Crippen LogP contribution >= 0.6 is 0 Å². The Hall–Kier alpha value is -4.60. The highest BCUT2D eigenvalue weighted by atomic mass is 19.1. The van der Waals surface area contributed by atoms with Gasteiger partial charge in [-0.1, -0.05) is 6.07 Å². The first kappa shape index (κ1) is 26.5. The van der Waals surface area contributed by atoms with Crippen LogP contribution in [0.4, 0.5) is 20.6 Å². The maximum absolute atomic E-state index is 13.5. The van der Waals surface area contributed by atoms with Crippen LogP contribution in [0.3, 0.4) is 0 Å². The summed E-state index contributed by atoms with van der Waals surface area (Å²) in [7, 11) is 4.60. The maximum atomic E-state index is 13.5. The summed E-state index contributed by atoms with van der Waals surface area (Å²) < 4.78 is 29.1. The van der Waals surface area contributed by atoms with Crippen molar-refractivity contribution >= 4 is 29.2 Å². The lowest BCUT2D eigenvalue weighted by molar-refractivity contribution is -0.124. The topological polar surface area (TPSA) is 97.4 Å². The maximum Gasteiger partial charge on any atom is 0.332 e. The third kappa shape index (κ3) is 5.69. The standard InChI is InChI=1S/C28H28FN3O6/c1-36-22-11-9-21(10-12-22)32-27(34)23(17-26(33)30-20-7-5-19(29)6-8-20)31(28(32)35)15-14-18-4-13-24(37-2)25(16-18)38-3/h4-13,16,23H,14-15,17H2,1-3H3,(H,30,33)/t23-/m1/s1. The average molecular weight is 522 g/mol. The number of carbonyl (C=O) groups is 3. The Balaban J connectivity index is 1.56. The number of hydrogen-bond donors (Lipinski definition) is 1. The number of rotatable bonds is 10. The predicted molar refractivity (Wildman–Crippen MR) is 139 cm³/mol. The van der Waals surface area contributed by atoms with Crippen LogP contribution in [0.5, 0.6) is 17.2 Å². The molecule has 0 aromatic heterocycles. The van der Waals surface area contributed by atoms with Crippen molar-refractivity contribution in [3.05, 3.63) is 78.1 Å². The van der Waals surface area contributed by atoms with Crippen molar-refractivity contribution in [3.63, 3.8) is 0 Å². The molecule has 38 heavy (non-hydrogen) atoms. The van der Waals surface area contributed by atoms with Gasteiger partial charge < -0.3 is 24.4 Å². The van der Waals surface area contributed by atoms with Crippen molar-refractivity contribution in [2.45, 2.75) is 18.9 Å². The molecule has 1 saturated heterocycles. The molecule has 198 valence electrons. The lowest BCUT2D eigenvalue weighted by Crippen LogP contribution is -2.39. The highest BCUT2D eigenvalue weighted by molar-refractivity contribution is 6.22. The Bertz CT molecular complexity index is 1310. The average Bonchev–Trinajstić information content (AvgIpc) is 3.16. The van der Waals surface area contributed by atoms with Crippen molar-refractivity contribution in [3.8, 4) is 17.2 Å². The molecule has 10 heteroatoms. The number of amides is 4. The van der Waals surface area contributed by atoms with E-state index >= 15 is 0 Å². The summed E-state index contributed by atoms with van der Waals surface area (Å²) >= 11 is 0. The third-order valence-electron chi connectivity index (χ3n) is 6.25. The van der Waals surface area contributed by atoms with E-state index in [1.54, 1.807) is 43.5 Å². The van der Waals surface area contributed by atoms with E-state index in [1.807, 2.05) is 6.07 Å². The Morgan fingerprint density at radius 2 is 1.58 bits per heavy atom. The van der Waals surface area contributed by atoms with Gasteiger partial charge in [0.05, 0.1) is 33.4 Å². The number of benzene rings is 3. The molecular formula is C28H28FN3O6. The number of halogens is 1. The van der Waals surface area contributed by atoms with Crippen molar-refractivity contribution in [2.24, 2.45) is 0 Å². The fourth-order valence-electron chi connectivity index (χ4n) is 4.26. The van der Waals surface area contributed by atoms with Gasteiger partial charge in [0.15, 0.2) is 11.5 Å². The van der Waals surface area contributed by atoms with Crippen LogP contribution in [0.25, 0.3) is 0 Å². The molecule has 1 atom stereocenters. The van der Waals surface area contributed by atoms with Crippen LogP contribution in [-0.2, 0) is 16.0 Å². The van der Waals surface area contributed by atoms with Crippen molar-refractivity contribution < 1.29 is 33.0 Å². The lowest BCUT2D eigenvalue weighted by atomic mass is 10.1. The van der Waals surface area contributed by atoms with Crippen molar-refractivity contribution in [1.29, 1.82) is 0 Å². The summed E-state index contributed by atoms with van der Waals surface area (Å²) in [6.45, 7) is 0.182. The minimum absolute atomic E-state index is 0.182. The van der Waals surface area contributed by atoms with E-state index in [-0.39, 0.29) is 13.0 Å². The second kappa shape index (κ2) is 11.6. The minimum Gasteiger partial charge on any atom is -0.497 e. The van der Waals surface area contributed by atoms with E-state index in [0.717, 1.165) is 10.5 Å². The van der Waals surface area contributed by atoms with E-state index in [1.165, 1.54) is 43.4 Å². The Morgan fingerprint density at radius 1 is 0.895 bits per heavy atom. The first-order valence-corrected chi connectivity index (χ1v) is 11.9. The largest absolute Gasteiger partial charge is 0.497 e. The molecule has 1 aliphatic rings. The molecule has 4 rings (SSSR count). The molecule has 0 radical (unpaired) electrons. The number of anilines is 2. The van der Waals surface area contributed by atoms with E-state index in [4.69, 9.17) is 14.2 Å². The molecule has 0 aliphatic carbocycles. The normalized spacial score (nSPS) is 15.0. The summed E-state index contributed by atoms with van der Waals surface area (Å²) in [5.74, 6) is 0.273. The summed E-state index contributed by atoms with van der Waals surface area (Å²) in [6.07, 6.45) is 0.145. The zero-order valence-corrected chi connectivity index (χ0v) is 21.3. The van der Waals surface area contributed by atoms with Gasteiger partial charge in [-0.15, -0.1) is 0 Å². The summed E-state index contributed by atoms with van der Waals surface area (Å²) in [4.78, 5) is 42.3. The molecule has 0 unspecified atom stereocenters. The fourth-order valence-corrected chi connectivity index (χ4v) is 4.26.